The minimum Gasteiger partial charge on any atom is -0.462 e. The van der Waals surface area contributed by atoms with Crippen molar-refractivity contribution in [2.45, 2.75) is 39.5 Å². The van der Waals surface area contributed by atoms with Gasteiger partial charge in [-0.25, -0.2) is 4.79 Å². The molecule has 2 nitrogen and oxygen atoms in total. The maximum absolute atomic E-state index is 11.7. The highest BCUT2D eigenvalue weighted by molar-refractivity contribution is 5.89. The fourth-order valence-electron chi connectivity index (χ4n) is 3.21. The van der Waals surface area contributed by atoms with Crippen molar-refractivity contribution in [2.75, 3.05) is 6.61 Å². The second-order valence-corrected chi connectivity index (χ2v) is 7.28. The van der Waals surface area contributed by atoms with Crippen molar-refractivity contribution in [2.24, 2.45) is 0 Å². The fourth-order valence-corrected chi connectivity index (χ4v) is 3.21. The van der Waals surface area contributed by atoms with E-state index < -0.39 is 0 Å². The average Bonchev–Trinajstić information content (AvgIpc) is 2.64. The van der Waals surface area contributed by atoms with E-state index >= 15 is 0 Å². The molecular formula is C24H24O2. The molecule has 0 heterocycles. The van der Waals surface area contributed by atoms with E-state index in [1.165, 1.54) is 16.7 Å². The lowest BCUT2D eigenvalue weighted by atomic mass is 9.73. The van der Waals surface area contributed by atoms with Crippen LogP contribution in [0.25, 0.3) is 5.57 Å². The monoisotopic (exact) mass is 344 g/mol. The van der Waals surface area contributed by atoms with Crippen LogP contribution in [0.1, 0.15) is 66.7 Å². The standard InChI is InChI=1S/C24H24O2/c1-5-26-23(25)20-11-8-18(9-12-20)6-7-19-10-13-22-21(16-19)17(2)14-15-24(22,3)4/h8-14,16H,5,15H2,1-4H3. The molecule has 0 atom stereocenters. The third kappa shape index (κ3) is 3.73. The predicted octanol–water partition coefficient (Wildman–Crippen LogP) is 5.35. The van der Waals surface area contributed by atoms with Gasteiger partial charge >= 0.3 is 5.97 Å². The van der Waals surface area contributed by atoms with Gasteiger partial charge in [-0.05, 0) is 78.8 Å². The predicted molar refractivity (Wildman–Crippen MR) is 106 cm³/mol. The van der Waals surface area contributed by atoms with Gasteiger partial charge in [0.25, 0.3) is 0 Å². The molecule has 26 heavy (non-hydrogen) atoms. The van der Waals surface area contributed by atoms with Crippen LogP contribution in [0, 0.1) is 11.8 Å². The zero-order valence-electron chi connectivity index (χ0n) is 15.8. The van der Waals surface area contributed by atoms with Crippen molar-refractivity contribution >= 4 is 11.5 Å². The lowest BCUT2D eigenvalue weighted by molar-refractivity contribution is 0.0526. The maximum atomic E-state index is 11.7. The van der Waals surface area contributed by atoms with E-state index in [0.717, 1.165) is 17.5 Å². The van der Waals surface area contributed by atoms with Gasteiger partial charge < -0.3 is 4.74 Å². The van der Waals surface area contributed by atoms with Crippen LogP contribution >= 0.6 is 0 Å². The molecule has 0 fully saturated rings. The van der Waals surface area contributed by atoms with Gasteiger partial charge in [-0.15, -0.1) is 0 Å². The summed E-state index contributed by atoms with van der Waals surface area (Å²) in [6.07, 6.45) is 3.39. The third-order valence-electron chi connectivity index (χ3n) is 4.84. The molecule has 1 aliphatic carbocycles. The molecule has 0 aromatic heterocycles. The molecule has 0 bridgehead atoms. The second kappa shape index (κ2) is 7.22. The Balaban J connectivity index is 1.84. The van der Waals surface area contributed by atoms with Gasteiger partial charge in [-0.2, -0.15) is 0 Å². The minimum atomic E-state index is -0.299. The number of hydrogen-bond acceptors (Lipinski definition) is 2. The number of hydrogen-bond donors (Lipinski definition) is 0. The zero-order valence-corrected chi connectivity index (χ0v) is 15.8. The number of ether oxygens (including phenoxy) is 1. The number of carbonyl (C=O) groups excluding carboxylic acids is 1. The number of benzene rings is 2. The number of rotatable bonds is 2. The Hall–Kier alpha value is -2.79. The van der Waals surface area contributed by atoms with Crippen molar-refractivity contribution in [3.05, 3.63) is 76.4 Å². The summed E-state index contributed by atoms with van der Waals surface area (Å²) < 4.78 is 5.00. The van der Waals surface area contributed by atoms with E-state index in [1.54, 1.807) is 19.1 Å². The van der Waals surface area contributed by atoms with Crippen LogP contribution in [-0.4, -0.2) is 12.6 Å². The van der Waals surface area contributed by atoms with Gasteiger partial charge in [0.15, 0.2) is 0 Å². The van der Waals surface area contributed by atoms with Crippen molar-refractivity contribution in [1.82, 2.24) is 0 Å². The topological polar surface area (TPSA) is 26.3 Å². The summed E-state index contributed by atoms with van der Waals surface area (Å²) >= 11 is 0. The summed E-state index contributed by atoms with van der Waals surface area (Å²) in [5.41, 5.74) is 6.61. The van der Waals surface area contributed by atoms with E-state index in [-0.39, 0.29) is 11.4 Å². The van der Waals surface area contributed by atoms with Crippen molar-refractivity contribution in [3.63, 3.8) is 0 Å². The highest BCUT2D eigenvalue weighted by Gasteiger charge is 2.26. The second-order valence-electron chi connectivity index (χ2n) is 7.28. The molecule has 2 heteroatoms. The van der Waals surface area contributed by atoms with Gasteiger partial charge in [0.1, 0.15) is 0 Å². The average molecular weight is 344 g/mol. The number of carbonyl (C=O) groups is 1. The molecule has 0 spiro atoms. The molecule has 0 saturated carbocycles. The van der Waals surface area contributed by atoms with Gasteiger partial charge in [0, 0.05) is 11.1 Å². The first kappa shape index (κ1) is 18.0. The summed E-state index contributed by atoms with van der Waals surface area (Å²) in [6, 6.07) is 13.7. The van der Waals surface area contributed by atoms with E-state index in [0.29, 0.717) is 12.2 Å². The lowest BCUT2D eigenvalue weighted by Gasteiger charge is -2.31. The Labute approximate surface area is 155 Å². The Morgan fingerprint density at radius 2 is 1.73 bits per heavy atom. The van der Waals surface area contributed by atoms with E-state index in [1.807, 2.05) is 12.1 Å². The van der Waals surface area contributed by atoms with Crippen molar-refractivity contribution in [1.29, 1.82) is 0 Å². The minimum absolute atomic E-state index is 0.170. The molecule has 1 aliphatic rings. The van der Waals surface area contributed by atoms with Crippen LogP contribution in [0.5, 0.6) is 0 Å². The van der Waals surface area contributed by atoms with Gasteiger partial charge in [0.2, 0.25) is 0 Å². The first-order valence-electron chi connectivity index (χ1n) is 9.01. The van der Waals surface area contributed by atoms with Crippen LogP contribution in [0.3, 0.4) is 0 Å². The molecule has 0 amide bonds. The summed E-state index contributed by atoms with van der Waals surface area (Å²) in [7, 11) is 0. The SMILES string of the molecule is CCOC(=O)c1ccc(C#Cc2ccc3c(c2)C(C)=CCC3(C)C)cc1. The number of allylic oxidation sites excluding steroid dienone is 2. The summed E-state index contributed by atoms with van der Waals surface area (Å²) in [5.74, 6) is 6.12. The van der Waals surface area contributed by atoms with Crippen LogP contribution in [0.2, 0.25) is 0 Å². The molecule has 2 aromatic rings. The summed E-state index contributed by atoms with van der Waals surface area (Å²) in [4.78, 5) is 11.7. The van der Waals surface area contributed by atoms with E-state index in [9.17, 15) is 4.79 Å². The van der Waals surface area contributed by atoms with Crippen LogP contribution in [-0.2, 0) is 10.2 Å². The molecule has 0 N–H and O–H groups in total. The lowest BCUT2D eigenvalue weighted by Crippen LogP contribution is -2.21. The maximum Gasteiger partial charge on any atom is 0.338 e. The summed E-state index contributed by atoms with van der Waals surface area (Å²) in [5, 5.41) is 0. The van der Waals surface area contributed by atoms with Crippen molar-refractivity contribution in [3.8, 4) is 11.8 Å². The van der Waals surface area contributed by atoms with Crippen LogP contribution in [0.15, 0.2) is 48.5 Å². The number of esters is 1. The summed E-state index contributed by atoms with van der Waals surface area (Å²) in [6.45, 7) is 8.91. The van der Waals surface area contributed by atoms with Gasteiger partial charge in [-0.3, -0.25) is 0 Å². The molecular weight excluding hydrogens is 320 g/mol. The van der Waals surface area contributed by atoms with Crippen molar-refractivity contribution < 1.29 is 9.53 Å². The van der Waals surface area contributed by atoms with Gasteiger partial charge in [-0.1, -0.05) is 37.8 Å². The van der Waals surface area contributed by atoms with E-state index in [4.69, 9.17) is 4.74 Å². The Bertz CT molecular complexity index is 919. The molecule has 0 radical (unpaired) electrons. The molecule has 0 saturated heterocycles. The highest BCUT2D eigenvalue weighted by Crippen LogP contribution is 2.38. The molecule has 3 rings (SSSR count). The Morgan fingerprint density at radius 1 is 1.08 bits per heavy atom. The highest BCUT2D eigenvalue weighted by atomic mass is 16.5. The molecule has 2 aromatic carbocycles. The Morgan fingerprint density at radius 3 is 2.42 bits per heavy atom. The fraction of sp³-hybridized carbons (Fsp3) is 0.292. The Kier molecular flexibility index (Phi) is 5.00. The van der Waals surface area contributed by atoms with Gasteiger partial charge in [0.05, 0.1) is 12.2 Å². The normalized spacial score (nSPS) is 14.5. The zero-order chi connectivity index (χ0) is 18.7. The molecule has 132 valence electrons. The molecule has 0 unspecified atom stereocenters. The quantitative estimate of drug-likeness (QED) is 0.542. The largest absolute Gasteiger partial charge is 0.462 e. The number of fused-ring (bicyclic) bond motifs is 1. The molecule has 0 aliphatic heterocycles. The first-order chi connectivity index (χ1) is 12.4. The van der Waals surface area contributed by atoms with E-state index in [2.05, 4.69) is 56.9 Å². The van der Waals surface area contributed by atoms with Crippen LogP contribution in [0.4, 0.5) is 0 Å². The first-order valence-corrected chi connectivity index (χ1v) is 9.01. The van der Waals surface area contributed by atoms with Crippen LogP contribution < -0.4 is 0 Å². The smallest absolute Gasteiger partial charge is 0.338 e. The third-order valence-corrected chi connectivity index (χ3v) is 4.84.